The van der Waals surface area contributed by atoms with Crippen LogP contribution in [0.2, 0.25) is 0 Å². The molecule has 2 N–H and O–H groups in total. The van der Waals surface area contributed by atoms with Crippen molar-refractivity contribution in [3.63, 3.8) is 0 Å². The van der Waals surface area contributed by atoms with Gasteiger partial charge in [-0.2, -0.15) is 15.0 Å². The number of nitrogens with zero attached hydrogens (tertiary/aromatic N) is 3. The number of carbonyl (C=O) groups is 1. The first kappa shape index (κ1) is 11.9. The summed E-state index contributed by atoms with van der Waals surface area (Å²) in [6, 6.07) is 7.34. The van der Waals surface area contributed by atoms with Crippen LogP contribution in [0.15, 0.2) is 24.4 Å². The molecule has 0 atom stereocenters. The van der Waals surface area contributed by atoms with Gasteiger partial charge in [0, 0.05) is 5.56 Å². The lowest BCUT2D eigenvalue weighted by atomic mass is 10.0. The summed E-state index contributed by atoms with van der Waals surface area (Å²) < 4.78 is 1.06. The molecule has 2 aromatic rings. The molecule has 2 rings (SSSR count). The maximum Gasteiger partial charge on any atom is 0.280 e. The molecule has 1 aromatic heterocycles. The number of benzene rings is 1. The summed E-state index contributed by atoms with van der Waals surface area (Å²) in [5.74, 6) is -0.251. The van der Waals surface area contributed by atoms with Crippen molar-refractivity contribution < 1.29 is 4.79 Å². The van der Waals surface area contributed by atoms with Crippen molar-refractivity contribution in [2.24, 2.45) is 0 Å². The van der Waals surface area contributed by atoms with Crippen molar-refractivity contribution >= 4 is 11.7 Å². The Morgan fingerprint density at radius 2 is 2.17 bits per heavy atom. The van der Waals surface area contributed by atoms with E-state index in [0.29, 0.717) is 5.56 Å². The zero-order valence-corrected chi connectivity index (χ0v) is 10.1. The Balaban J connectivity index is 2.52. The van der Waals surface area contributed by atoms with Crippen molar-refractivity contribution in [1.29, 1.82) is 5.26 Å². The van der Waals surface area contributed by atoms with Gasteiger partial charge < -0.3 is 5.73 Å². The van der Waals surface area contributed by atoms with Crippen molar-refractivity contribution in [2.75, 3.05) is 5.73 Å². The number of nitrogens with two attached hydrogens (primary N) is 1. The highest BCUT2D eigenvalue weighted by atomic mass is 16.2. The lowest BCUT2D eigenvalue weighted by molar-refractivity contribution is 0.0947. The van der Waals surface area contributed by atoms with E-state index in [4.69, 9.17) is 11.0 Å². The first-order chi connectivity index (χ1) is 8.56. The Labute approximate surface area is 104 Å². The monoisotopic (exact) mass is 240 g/mol. The Bertz CT molecular complexity index is 664. The first-order valence-corrected chi connectivity index (χ1v) is 5.40. The van der Waals surface area contributed by atoms with E-state index in [1.165, 1.54) is 6.20 Å². The minimum Gasteiger partial charge on any atom is -0.382 e. The normalized spacial score (nSPS) is 10.1. The minimum absolute atomic E-state index is 0.0726. The smallest absolute Gasteiger partial charge is 0.280 e. The molecule has 0 aliphatic heterocycles. The van der Waals surface area contributed by atoms with E-state index in [1.54, 1.807) is 12.1 Å². The summed E-state index contributed by atoms with van der Waals surface area (Å²) in [6.07, 6.45) is 1.29. The summed E-state index contributed by atoms with van der Waals surface area (Å²) in [5, 5.41) is 12.6. The molecule has 0 fully saturated rings. The Hall–Kier alpha value is -2.61. The van der Waals surface area contributed by atoms with Crippen LogP contribution in [-0.4, -0.2) is 15.7 Å². The van der Waals surface area contributed by atoms with Crippen LogP contribution in [-0.2, 0) is 0 Å². The lowest BCUT2D eigenvalue weighted by Crippen LogP contribution is -2.17. The molecule has 0 bridgehead atoms. The highest BCUT2D eigenvalue weighted by Crippen LogP contribution is 2.17. The third kappa shape index (κ3) is 1.74. The molecule has 0 unspecified atom stereocenters. The van der Waals surface area contributed by atoms with Crippen LogP contribution in [0.5, 0.6) is 0 Å². The van der Waals surface area contributed by atoms with Gasteiger partial charge in [-0.3, -0.25) is 4.79 Å². The molecule has 0 saturated carbocycles. The summed E-state index contributed by atoms with van der Waals surface area (Å²) in [6.45, 7) is 3.80. The molecule has 18 heavy (non-hydrogen) atoms. The molecule has 0 saturated heterocycles. The minimum atomic E-state index is -0.324. The first-order valence-electron chi connectivity index (χ1n) is 5.40. The maximum absolute atomic E-state index is 12.3. The summed E-state index contributed by atoms with van der Waals surface area (Å²) in [7, 11) is 0. The number of anilines is 1. The maximum atomic E-state index is 12.3. The van der Waals surface area contributed by atoms with E-state index >= 15 is 0 Å². The second kappa shape index (κ2) is 4.34. The summed E-state index contributed by atoms with van der Waals surface area (Å²) >= 11 is 0. The number of hydrogen-bond acceptors (Lipinski definition) is 4. The van der Waals surface area contributed by atoms with Crippen molar-refractivity contribution in [3.05, 3.63) is 46.6 Å². The van der Waals surface area contributed by atoms with Crippen molar-refractivity contribution in [2.45, 2.75) is 13.8 Å². The van der Waals surface area contributed by atoms with Gasteiger partial charge in [-0.1, -0.05) is 12.1 Å². The Kier molecular flexibility index (Phi) is 2.86. The molecular weight excluding hydrogens is 228 g/mol. The van der Waals surface area contributed by atoms with Crippen LogP contribution >= 0.6 is 0 Å². The van der Waals surface area contributed by atoms with Gasteiger partial charge in [0.25, 0.3) is 5.91 Å². The Morgan fingerprint density at radius 1 is 1.44 bits per heavy atom. The summed E-state index contributed by atoms with van der Waals surface area (Å²) in [5.41, 5.74) is 8.34. The zero-order chi connectivity index (χ0) is 13.3. The molecule has 5 heteroatoms. The van der Waals surface area contributed by atoms with Gasteiger partial charge in [-0.25, -0.2) is 0 Å². The molecule has 1 heterocycles. The van der Waals surface area contributed by atoms with Gasteiger partial charge in [-0.05, 0) is 31.0 Å². The van der Waals surface area contributed by atoms with E-state index in [9.17, 15) is 4.79 Å². The van der Waals surface area contributed by atoms with Gasteiger partial charge in [0.05, 0.1) is 6.20 Å². The second-order valence-electron chi connectivity index (χ2n) is 4.02. The van der Waals surface area contributed by atoms with E-state index in [-0.39, 0.29) is 17.3 Å². The van der Waals surface area contributed by atoms with Gasteiger partial charge >= 0.3 is 0 Å². The van der Waals surface area contributed by atoms with E-state index in [1.807, 2.05) is 26.0 Å². The quantitative estimate of drug-likeness (QED) is 0.821. The second-order valence-corrected chi connectivity index (χ2v) is 4.02. The number of nitrogen functional groups attached to an aromatic ring is 1. The highest BCUT2D eigenvalue weighted by Gasteiger charge is 2.17. The van der Waals surface area contributed by atoms with Crippen molar-refractivity contribution in [1.82, 2.24) is 9.78 Å². The molecule has 0 aliphatic rings. The lowest BCUT2D eigenvalue weighted by Gasteiger charge is -2.08. The number of rotatable bonds is 1. The van der Waals surface area contributed by atoms with Crippen LogP contribution < -0.4 is 5.73 Å². The summed E-state index contributed by atoms with van der Waals surface area (Å²) in [4.78, 5) is 12.3. The fraction of sp³-hybridized carbons (Fsp3) is 0.154. The largest absolute Gasteiger partial charge is 0.382 e. The SMILES string of the molecule is Cc1cccc(C(=O)n2ncc(C#N)c2N)c1C. The van der Waals surface area contributed by atoms with Gasteiger partial charge in [-0.15, -0.1) is 0 Å². The molecular formula is C13H12N4O. The van der Waals surface area contributed by atoms with Crippen LogP contribution in [0.25, 0.3) is 0 Å². The van der Waals surface area contributed by atoms with E-state index < -0.39 is 0 Å². The van der Waals surface area contributed by atoms with Crippen LogP contribution in [0.1, 0.15) is 27.0 Å². The van der Waals surface area contributed by atoms with Crippen molar-refractivity contribution in [3.8, 4) is 6.07 Å². The Morgan fingerprint density at radius 3 is 2.78 bits per heavy atom. The number of carbonyl (C=O) groups excluding carboxylic acids is 1. The molecule has 0 amide bonds. The molecule has 90 valence electrons. The third-order valence-corrected chi connectivity index (χ3v) is 2.95. The number of hydrogen-bond donors (Lipinski definition) is 1. The van der Waals surface area contributed by atoms with Gasteiger partial charge in [0.15, 0.2) is 0 Å². The standard InChI is InChI=1S/C13H12N4O/c1-8-4-3-5-11(9(8)2)13(18)17-12(15)10(6-14)7-16-17/h3-5,7H,15H2,1-2H3. The predicted molar refractivity (Wildman–Crippen MR) is 67.0 cm³/mol. The number of aryl methyl sites for hydroxylation is 1. The van der Waals surface area contributed by atoms with E-state index in [0.717, 1.165) is 15.8 Å². The zero-order valence-electron chi connectivity index (χ0n) is 10.1. The average molecular weight is 240 g/mol. The van der Waals surface area contributed by atoms with Crippen LogP contribution in [0.3, 0.4) is 0 Å². The topological polar surface area (TPSA) is 84.7 Å². The molecule has 1 aromatic carbocycles. The average Bonchev–Trinajstić information content (AvgIpc) is 2.73. The molecule has 0 aliphatic carbocycles. The van der Waals surface area contributed by atoms with Crippen LogP contribution in [0, 0.1) is 25.2 Å². The van der Waals surface area contributed by atoms with Gasteiger partial charge in [0.2, 0.25) is 0 Å². The van der Waals surface area contributed by atoms with Crippen LogP contribution in [0.4, 0.5) is 5.82 Å². The predicted octanol–water partition coefficient (Wildman–Crippen LogP) is 1.64. The molecule has 0 radical (unpaired) electrons. The molecule has 0 spiro atoms. The number of aromatic nitrogens is 2. The molecule has 5 nitrogen and oxygen atoms in total. The highest BCUT2D eigenvalue weighted by molar-refractivity contribution is 5.98. The number of nitriles is 1. The fourth-order valence-corrected chi connectivity index (χ4v) is 1.70. The fourth-order valence-electron chi connectivity index (χ4n) is 1.70. The third-order valence-electron chi connectivity index (χ3n) is 2.95. The van der Waals surface area contributed by atoms with Gasteiger partial charge in [0.1, 0.15) is 17.5 Å². The van der Waals surface area contributed by atoms with E-state index in [2.05, 4.69) is 5.10 Å².